The molecule has 6 aromatic carbocycles. The number of anilines is 2. The summed E-state index contributed by atoms with van der Waals surface area (Å²) in [7, 11) is 0. The van der Waals surface area contributed by atoms with Crippen LogP contribution in [0.3, 0.4) is 0 Å². The summed E-state index contributed by atoms with van der Waals surface area (Å²) in [6.45, 7) is 24.5. The lowest BCUT2D eigenvalue weighted by atomic mass is 9.65. The Morgan fingerprint density at radius 1 is 0.476 bits per heavy atom. The first-order valence-corrected chi connectivity index (χ1v) is 16.4. The molecule has 6 aromatic rings. The smallest absolute Gasteiger partial charge is 0.0494 e. The lowest BCUT2D eigenvalue weighted by Gasteiger charge is -2.50. The maximum atomic E-state index is 2.76. The van der Waals surface area contributed by atoms with Gasteiger partial charge in [-0.2, -0.15) is 0 Å². The average molecular weight is 551 g/mol. The fourth-order valence-electron chi connectivity index (χ4n) is 10.5. The number of benzene rings is 6. The van der Waals surface area contributed by atoms with Gasteiger partial charge in [0.25, 0.3) is 0 Å². The van der Waals surface area contributed by atoms with Crippen molar-refractivity contribution in [2.45, 2.75) is 89.9 Å². The molecule has 0 aromatic heterocycles. The van der Waals surface area contributed by atoms with E-state index in [4.69, 9.17) is 0 Å². The molecule has 4 aliphatic heterocycles. The third-order valence-electron chi connectivity index (χ3n) is 12.5. The van der Waals surface area contributed by atoms with Crippen LogP contribution < -0.4 is 9.80 Å². The summed E-state index contributed by atoms with van der Waals surface area (Å²) in [5.74, 6) is 0. The van der Waals surface area contributed by atoms with Gasteiger partial charge in [0, 0.05) is 59.2 Å². The molecule has 42 heavy (non-hydrogen) atoms. The van der Waals surface area contributed by atoms with E-state index < -0.39 is 0 Å². The molecule has 0 spiro atoms. The van der Waals surface area contributed by atoms with Gasteiger partial charge >= 0.3 is 0 Å². The zero-order valence-electron chi connectivity index (χ0n) is 26.6. The molecule has 0 saturated carbocycles. The summed E-state index contributed by atoms with van der Waals surface area (Å²) in [6.07, 6.45) is 2.41. The maximum absolute atomic E-state index is 2.76. The maximum Gasteiger partial charge on any atom is 0.0494 e. The van der Waals surface area contributed by atoms with E-state index in [2.05, 4.69) is 102 Å². The third-order valence-corrected chi connectivity index (χ3v) is 12.5. The molecule has 0 radical (unpaired) electrons. The van der Waals surface area contributed by atoms with Gasteiger partial charge in [0.15, 0.2) is 0 Å². The van der Waals surface area contributed by atoms with Gasteiger partial charge in [-0.3, -0.25) is 0 Å². The molecular formula is C40H42N2. The highest BCUT2D eigenvalue weighted by molar-refractivity contribution is 6.41. The minimum absolute atomic E-state index is 0.126. The van der Waals surface area contributed by atoms with Crippen molar-refractivity contribution in [2.75, 3.05) is 36.0 Å². The predicted octanol–water partition coefficient (Wildman–Crippen LogP) is 9.89. The molecule has 0 bridgehead atoms. The molecule has 2 heteroatoms. The highest BCUT2D eigenvalue weighted by Gasteiger charge is 2.45. The van der Waals surface area contributed by atoms with E-state index in [1.807, 2.05) is 0 Å². The monoisotopic (exact) mass is 550 g/mol. The Morgan fingerprint density at radius 3 is 1.29 bits per heavy atom. The summed E-state index contributed by atoms with van der Waals surface area (Å²) in [6, 6.07) is 15.2. The lowest BCUT2D eigenvalue weighted by molar-refractivity contribution is 0.424. The highest BCUT2D eigenvalue weighted by atomic mass is 15.2. The van der Waals surface area contributed by atoms with Crippen LogP contribution in [0, 0.1) is 0 Å². The van der Waals surface area contributed by atoms with Crippen LogP contribution in [0.15, 0.2) is 36.4 Å². The second-order valence-electron chi connectivity index (χ2n) is 17.1. The lowest BCUT2D eigenvalue weighted by Crippen LogP contribution is -2.47. The van der Waals surface area contributed by atoms with Crippen molar-refractivity contribution in [3.05, 3.63) is 58.7 Å². The van der Waals surface area contributed by atoms with Crippen molar-refractivity contribution in [1.29, 1.82) is 0 Å². The molecule has 212 valence electrons. The second-order valence-corrected chi connectivity index (χ2v) is 17.1. The fourth-order valence-corrected chi connectivity index (χ4v) is 10.5. The van der Waals surface area contributed by atoms with Crippen LogP contribution >= 0.6 is 0 Å². The van der Waals surface area contributed by atoms with Gasteiger partial charge in [-0.15, -0.1) is 0 Å². The van der Waals surface area contributed by atoms with Gasteiger partial charge < -0.3 is 9.80 Å². The average Bonchev–Trinajstić information content (AvgIpc) is 2.91. The molecule has 0 aliphatic carbocycles. The van der Waals surface area contributed by atoms with Crippen molar-refractivity contribution in [3.63, 3.8) is 0 Å². The van der Waals surface area contributed by atoms with E-state index in [0.29, 0.717) is 0 Å². The highest BCUT2D eigenvalue weighted by Crippen LogP contribution is 2.61. The van der Waals surface area contributed by atoms with Gasteiger partial charge in [-0.25, -0.2) is 0 Å². The quantitative estimate of drug-likeness (QED) is 0.137. The van der Waals surface area contributed by atoms with Crippen molar-refractivity contribution in [2.24, 2.45) is 0 Å². The first kappa shape index (κ1) is 24.2. The standard InChI is InChI=1S/C40H42N2/c1-37(2)13-15-41-19-39(5,6)25-11-10-22-18-24-30-28-21(17-23-29(30)27(22)31(25)35(41)33(23)37)9-12-26-32(28)36-34(24)38(3,4)14-16-42(36)20-40(26,7)8/h9-12,17-18H,13-16,19-20H2,1-8H3. The van der Waals surface area contributed by atoms with Gasteiger partial charge in [0.1, 0.15) is 0 Å². The van der Waals surface area contributed by atoms with Crippen molar-refractivity contribution in [1.82, 2.24) is 0 Å². The Labute approximate surface area is 249 Å². The van der Waals surface area contributed by atoms with E-state index >= 15 is 0 Å². The van der Waals surface area contributed by atoms with Crippen LogP contribution in [-0.2, 0) is 21.7 Å². The van der Waals surface area contributed by atoms with E-state index in [1.54, 1.807) is 55.2 Å². The van der Waals surface area contributed by atoms with Crippen molar-refractivity contribution < 1.29 is 0 Å². The topological polar surface area (TPSA) is 6.48 Å². The van der Waals surface area contributed by atoms with Gasteiger partial charge in [-0.1, -0.05) is 79.7 Å². The molecule has 0 unspecified atom stereocenters. The number of nitrogens with zero attached hydrogens (tertiary/aromatic N) is 2. The molecule has 0 N–H and O–H groups in total. The Balaban J connectivity index is 1.57. The SMILES string of the molecule is CC1(C)CCN2CC(C)(C)c3ccc4cc5c6c7c8c(ccc9cc%10c1c2c3c4c%10c5c98)C(C)(C)CN7CCC6(C)C. The molecule has 4 heterocycles. The number of hydrogen-bond donors (Lipinski definition) is 0. The zero-order valence-corrected chi connectivity index (χ0v) is 26.6. The molecule has 0 amide bonds. The normalized spacial score (nSPS) is 22.9. The number of hydrogen-bond acceptors (Lipinski definition) is 2. The van der Waals surface area contributed by atoms with Crippen LogP contribution in [0.2, 0.25) is 0 Å². The Bertz CT molecular complexity index is 2050. The van der Waals surface area contributed by atoms with E-state index in [1.165, 1.54) is 45.2 Å². The Kier molecular flexibility index (Phi) is 3.90. The summed E-state index contributed by atoms with van der Waals surface area (Å²) < 4.78 is 0. The molecule has 0 atom stereocenters. The largest absolute Gasteiger partial charge is 0.370 e. The van der Waals surface area contributed by atoms with Crippen LogP contribution in [0.4, 0.5) is 11.4 Å². The van der Waals surface area contributed by atoms with Crippen molar-refractivity contribution in [3.8, 4) is 0 Å². The molecular weight excluding hydrogens is 508 g/mol. The van der Waals surface area contributed by atoms with Crippen LogP contribution in [-0.4, -0.2) is 26.2 Å². The van der Waals surface area contributed by atoms with Gasteiger partial charge in [0.05, 0.1) is 0 Å². The molecule has 0 fully saturated rings. The van der Waals surface area contributed by atoms with E-state index in [-0.39, 0.29) is 21.7 Å². The Hall–Kier alpha value is -3.26. The van der Waals surface area contributed by atoms with Gasteiger partial charge in [0.2, 0.25) is 0 Å². The second kappa shape index (κ2) is 6.77. The molecule has 0 saturated heterocycles. The van der Waals surface area contributed by atoms with Crippen molar-refractivity contribution >= 4 is 65.2 Å². The minimum Gasteiger partial charge on any atom is -0.370 e. The Morgan fingerprint density at radius 2 is 0.881 bits per heavy atom. The van der Waals surface area contributed by atoms with E-state index in [0.717, 1.165) is 26.2 Å². The summed E-state index contributed by atoms with van der Waals surface area (Å²) in [4.78, 5) is 5.53. The number of rotatable bonds is 0. The summed E-state index contributed by atoms with van der Waals surface area (Å²) in [5, 5.41) is 15.2. The first-order valence-electron chi connectivity index (χ1n) is 16.4. The number of fused-ring (bicyclic) bond motifs is 2. The third kappa shape index (κ3) is 2.51. The van der Waals surface area contributed by atoms with Crippen LogP contribution in [0.5, 0.6) is 0 Å². The van der Waals surface area contributed by atoms with Gasteiger partial charge in [-0.05, 0) is 101 Å². The summed E-state index contributed by atoms with van der Waals surface area (Å²) in [5.41, 5.74) is 9.92. The molecule has 4 aliphatic rings. The molecule has 10 rings (SSSR count). The first-order chi connectivity index (χ1) is 19.8. The fraction of sp³-hybridized carbons (Fsp3) is 0.450. The van der Waals surface area contributed by atoms with Crippen LogP contribution in [0.25, 0.3) is 53.9 Å². The minimum atomic E-state index is 0.126. The summed E-state index contributed by atoms with van der Waals surface area (Å²) >= 11 is 0. The zero-order chi connectivity index (χ0) is 28.9. The molecule has 2 nitrogen and oxygen atoms in total. The predicted molar refractivity (Wildman–Crippen MR) is 182 cm³/mol. The van der Waals surface area contributed by atoms with Crippen LogP contribution in [0.1, 0.15) is 90.5 Å². The van der Waals surface area contributed by atoms with E-state index in [9.17, 15) is 0 Å².